The second-order valence-electron chi connectivity index (χ2n) is 5.72. The van der Waals surface area contributed by atoms with Gasteiger partial charge in [0.2, 0.25) is 0 Å². The molecule has 0 saturated carbocycles. The highest BCUT2D eigenvalue weighted by Crippen LogP contribution is 2.28. The van der Waals surface area contributed by atoms with Crippen LogP contribution in [0.25, 0.3) is 0 Å². The van der Waals surface area contributed by atoms with Crippen molar-refractivity contribution in [2.24, 2.45) is 4.99 Å². The van der Waals surface area contributed by atoms with Crippen LogP contribution in [0.1, 0.15) is 18.9 Å². The monoisotopic (exact) mass is 339 g/mol. The molecule has 1 aliphatic heterocycles. The van der Waals surface area contributed by atoms with Crippen LogP contribution in [0.15, 0.2) is 53.8 Å². The Bertz CT molecular complexity index is 707. The van der Waals surface area contributed by atoms with E-state index in [1.165, 1.54) is 17.4 Å². The van der Waals surface area contributed by atoms with Crippen LogP contribution in [0.5, 0.6) is 0 Å². The highest BCUT2D eigenvalue weighted by Gasteiger charge is 2.19. The van der Waals surface area contributed by atoms with Crippen LogP contribution in [-0.4, -0.2) is 29.1 Å². The number of nitrogens with zero attached hydrogens (tertiary/aromatic N) is 4. The average Bonchev–Trinajstić information content (AvgIpc) is 3.17. The van der Waals surface area contributed by atoms with Gasteiger partial charge in [0.05, 0.1) is 5.69 Å². The number of nitrogens with one attached hydrogen (secondary N) is 1. The molecule has 1 aromatic carbocycles. The summed E-state index contributed by atoms with van der Waals surface area (Å²) >= 11 is 1.42. The van der Waals surface area contributed by atoms with Gasteiger partial charge in [0, 0.05) is 37.2 Å². The number of aliphatic imine (C=N–C) groups is 1. The summed E-state index contributed by atoms with van der Waals surface area (Å²) in [6.45, 7) is 2.13. The number of nitriles is 1. The summed E-state index contributed by atoms with van der Waals surface area (Å²) in [5, 5.41) is 11.9. The molecule has 0 radical (unpaired) electrons. The summed E-state index contributed by atoms with van der Waals surface area (Å²) in [5.74, 6) is 0. The van der Waals surface area contributed by atoms with Crippen molar-refractivity contribution in [3.05, 3.63) is 48.8 Å². The number of piperidine rings is 1. The average molecular weight is 339 g/mol. The summed E-state index contributed by atoms with van der Waals surface area (Å²) in [6, 6.07) is 13.0. The fourth-order valence-corrected chi connectivity index (χ4v) is 3.39. The van der Waals surface area contributed by atoms with Crippen molar-refractivity contribution >= 4 is 28.3 Å². The minimum atomic E-state index is 0.609. The van der Waals surface area contributed by atoms with Gasteiger partial charge in [-0.2, -0.15) is 5.26 Å². The predicted molar refractivity (Wildman–Crippen MR) is 101 cm³/mol. The molecule has 1 fully saturated rings. The SMILES string of the molecule is CSC(=Nc1ccc(N2CCC(n3cccc3)CC2)cc1)NC#N. The highest BCUT2D eigenvalue weighted by molar-refractivity contribution is 8.13. The van der Waals surface area contributed by atoms with Gasteiger partial charge in [-0.3, -0.25) is 5.32 Å². The summed E-state index contributed by atoms with van der Waals surface area (Å²) < 4.78 is 2.32. The molecule has 1 saturated heterocycles. The molecule has 1 aromatic heterocycles. The Hall–Kier alpha value is -2.39. The van der Waals surface area contributed by atoms with Crippen LogP contribution in [0.3, 0.4) is 0 Å². The lowest BCUT2D eigenvalue weighted by atomic mass is 10.0. The quantitative estimate of drug-likeness (QED) is 0.400. The third-order valence-electron chi connectivity index (χ3n) is 4.32. The number of hydrogen-bond donors (Lipinski definition) is 1. The van der Waals surface area contributed by atoms with Crippen molar-refractivity contribution < 1.29 is 0 Å². The second-order valence-corrected chi connectivity index (χ2v) is 6.52. The van der Waals surface area contributed by atoms with Crippen molar-refractivity contribution in [2.45, 2.75) is 18.9 Å². The van der Waals surface area contributed by atoms with E-state index >= 15 is 0 Å². The molecule has 3 rings (SSSR count). The standard InChI is InChI=1S/C18H21N5S/c1-24-18(20-14-19)21-15-4-6-16(7-5-15)23-12-8-17(9-13-23)22-10-2-3-11-22/h2-7,10-11,17H,8-9,12-13H2,1H3,(H,20,21). The first-order chi connectivity index (χ1) is 11.8. The van der Waals surface area contributed by atoms with Gasteiger partial charge in [-0.15, -0.1) is 0 Å². The van der Waals surface area contributed by atoms with Crippen LogP contribution >= 0.6 is 11.8 Å². The molecule has 5 nitrogen and oxygen atoms in total. The molecule has 0 spiro atoms. The minimum absolute atomic E-state index is 0.609. The van der Waals surface area contributed by atoms with E-state index in [1.807, 2.05) is 24.6 Å². The Morgan fingerprint density at radius 1 is 1.21 bits per heavy atom. The molecule has 0 bridgehead atoms. The van der Waals surface area contributed by atoms with Crippen LogP contribution in [-0.2, 0) is 0 Å². The number of hydrogen-bond acceptors (Lipinski definition) is 4. The number of anilines is 1. The number of rotatable bonds is 3. The van der Waals surface area contributed by atoms with E-state index < -0.39 is 0 Å². The second kappa shape index (κ2) is 7.93. The van der Waals surface area contributed by atoms with E-state index in [9.17, 15) is 0 Å². The first kappa shape index (κ1) is 16.5. The molecule has 1 aliphatic rings. The van der Waals surface area contributed by atoms with E-state index in [4.69, 9.17) is 5.26 Å². The number of amidine groups is 1. The molecule has 0 amide bonds. The maximum absolute atomic E-state index is 8.69. The molecular formula is C18H21N5S. The Labute approximate surface area is 147 Å². The number of aromatic nitrogens is 1. The van der Waals surface area contributed by atoms with Crippen LogP contribution in [0.4, 0.5) is 11.4 Å². The lowest BCUT2D eigenvalue weighted by Gasteiger charge is -2.34. The molecule has 24 heavy (non-hydrogen) atoms. The van der Waals surface area contributed by atoms with Crippen molar-refractivity contribution in [3.63, 3.8) is 0 Å². The highest BCUT2D eigenvalue weighted by atomic mass is 32.2. The molecule has 0 unspecified atom stereocenters. The molecule has 2 aromatic rings. The van der Waals surface area contributed by atoms with Gasteiger partial charge in [-0.05, 0) is 55.5 Å². The topological polar surface area (TPSA) is 56.4 Å². The maximum atomic E-state index is 8.69. The largest absolute Gasteiger partial charge is 0.371 e. The lowest BCUT2D eigenvalue weighted by molar-refractivity contribution is 0.397. The van der Waals surface area contributed by atoms with E-state index in [0.717, 1.165) is 31.6 Å². The minimum Gasteiger partial charge on any atom is -0.371 e. The summed E-state index contributed by atoms with van der Waals surface area (Å²) in [5.41, 5.74) is 2.09. The summed E-state index contributed by atoms with van der Waals surface area (Å²) in [7, 11) is 0. The van der Waals surface area contributed by atoms with Gasteiger partial charge in [0.25, 0.3) is 0 Å². The Morgan fingerprint density at radius 2 is 1.88 bits per heavy atom. The van der Waals surface area contributed by atoms with Gasteiger partial charge in [-0.1, -0.05) is 11.8 Å². The van der Waals surface area contributed by atoms with E-state index in [-0.39, 0.29) is 0 Å². The zero-order valence-electron chi connectivity index (χ0n) is 13.7. The molecule has 6 heteroatoms. The van der Waals surface area contributed by atoms with E-state index in [0.29, 0.717) is 11.2 Å². The van der Waals surface area contributed by atoms with Gasteiger partial charge in [0.15, 0.2) is 11.4 Å². The lowest BCUT2D eigenvalue weighted by Crippen LogP contribution is -2.34. The smallest absolute Gasteiger partial charge is 0.183 e. The molecule has 1 N–H and O–H groups in total. The molecule has 0 atom stereocenters. The molecule has 2 heterocycles. The normalized spacial score (nSPS) is 16.0. The van der Waals surface area contributed by atoms with Gasteiger partial charge < -0.3 is 9.47 Å². The summed E-state index contributed by atoms with van der Waals surface area (Å²) in [4.78, 5) is 6.85. The third kappa shape index (κ3) is 3.92. The van der Waals surface area contributed by atoms with E-state index in [1.54, 1.807) is 0 Å². The first-order valence-electron chi connectivity index (χ1n) is 8.05. The van der Waals surface area contributed by atoms with Crippen LogP contribution < -0.4 is 10.2 Å². The van der Waals surface area contributed by atoms with E-state index in [2.05, 4.69) is 56.4 Å². The maximum Gasteiger partial charge on any atom is 0.183 e. The zero-order chi connectivity index (χ0) is 16.8. The van der Waals surface area contributed by atoms with Crippen molar-refractivity contribution in [2.75, 3.05) is 24.2 Å². The fraction of sp³-hybridized carbons (Fsp3) is 0.333. The van der Waals surface area contributed by atoms with Gasteiger partial charge in [-0.25, -0.2) is 4.99 Å². The molecule has 124 valence electrons. The molecule has 0 aliphatic carbocycles. The van der Waals surface area contributed by atoms with Crippen molar-refractivity contribution in [1.29, 1.82) is 5.26 Å². The number of benzene rings is 1. The van der Waals surface area contributed by atoms with Crippen molar-refractivity contribution in [3.8, 4) is 6.19 Å². The summed E-state index contributed by atoms with van der Waals surface area (Å²) in [6.07, 6.45) is 10.4. The Balaban J connectivity index is 1.61. The van der Waals surface area contributed by atoms with Crippen LogP contribution in [0, 0.1) is 11.5 Å². The van der Waals surface area contributed by atoms with Gasteiger partial charge >= 0.3 is 0 Å². The number of thioether (sulfide) groups is 1. The Kier molecular flexibility index (Phi) is 5.44. The Morgan fingerprint density at radius 3 is 2.46 bits per heavy atom. The zero-order valence-corrected chi connectivity index (χ0v) is 14.5. The van der Waals surface area contributed by atoms with Crippen LogP contribution in [0.2, 0.25) is 0 Å². The molecular weight excluding hydrogens is 318 g/mol. The predicted octanol–water partition coefficient (Wildman–Crippen LogP) is 3.75. The van der Waals surface area contributed by atoms with Gasteiger partial charge in [0.1, 0.15) is 0 Å². The third-order valence-corrected chi connectivity index (χ3v) is 4.90. The first-order valence-corrected chi connectivity index (χ1v) is 9.28. The van der Waals surface area contributed by atoms with Crippen molar-refractivity contribution in [1.82, 2.24) is 9.88 Å². The fourth-order valence-electron chi connectivity index (χ4n) is 3.04.